The van der Waals surface area contributed by atoms with Gasteiger partial charge in [0.15, 0.2) is 5.76 Å². The first-order chi connectivity index (χ1) is 15.6. The van der Waals surface area contributed by atoms with Crippen LogP contribution in [0.25, 0.3) is 0 Å². The number of rotatable bonds is 7. The lowest BCUT2D eigenvalue weighted by Gasteiger charge is -2.08. The molecular formula is C22H17ClF3N3O4. The molecular weight excluding hydrogens is 463 g/mol. The summed E-state index contributed by atoms with van der Waals surface area (Å²) in [7, 11) is 0. The van der Waals surface area contributed by atoms with Gasteiger partial charge in [-0.25, -0.2) is 5.43 Å². The predicted octanol–water partition coefficient (Wildman–Crippen LogP) is 5.17. The largest absolute Gasteiger partial charge is 0.484 e. The van der Waals surface area contributed by atoms with Crippen molar-refractivity contribution in [1.82, 2.24) is 5.43 Å². The molecule has 2 aromatic carbocycles. The van der Waals surface area contributed by atoms with E-state index in [1.807, 2.05) is 0 Å². The molecule has 0 unspecified atom stereocenters. The van der Waals surface area contributed by atoms with Crippen LogP contribution >= 0.6 is 11.6 Å². The average molecular weight is 480 g/mol. The molecule has 0 aliphatic rings. The number of ether oxygens (including phenoxy) is 1. The van der Waals surface area contributed by atoms with Gasteiger partial charge in [0.1, 0.15) is 18.1 Å². The second-order valence-electron chi connectivity index (χ2n) is 6.65. The fourth-order valence-electron chi connectivity index (χ4n) is 2.54. The zero-order valence-electron chi connectivity index (χ0n) is 17.1. The zero-order chi connectivity index (χ0) is 24.0. The molecule has 0 bridgehead atoms. The number of nitrogens with one attached hydrogen (secondary N) is 2. The molecule has 2 amide bonds. The minimum Gasteiger partial charge on any atom is -0.484 e. The molecule has 1 aromatic heterocycles. The SMILES string of the molecule is C/C(=N/NC(=O)c1ccc(COc2ccccc2Cl)o1)c1ccc(NC(=O)C(F)(F)F)cc1. The first-order valence-electron chi connectivity index (χ1n) is 9.43. The van der Waals surface area contributed by atoms with Crippen molar-refractivity contribution in [1.29, 1.82) is 0 Å². The summed E-state index contributed by atoms with van der Waals surface area (Å²) >= 11 is 6.02. The highest BCUT2D eigenvalue weighted by atomic mass is 35.5. The summed E-state index contributed by atoms with van der Waals surface area (Å²) in [4.78, 5) is 23.2. The number of alkyl halides is 3. The van der Waals surface area contributed by atoms with E-state index < -0.39 is 18.0 Å². The summed E-state index contributed by atoms with van der Waals surface area (Å²) in [5.41, 5.74) is 3.21. The fraction of sp³-hybridized carbons (Fsp3) is 0.136. The number of benzene rings is 2. The summed E-state index contributed by atoms with van der Waals surface area (Å²) in [6.45, 7) is 1.66. The first-order valence-corrected chi connectivity index (χ1v) is 9.80. The average Bonchev–Trinajstić information content (AvgIpc) is 3.26. The highest BCUT2D eigenvalue weighted by molar-refractivity contribution is 6.32. The van der Waals surface area contributed by atoms with Crippen LogP contribution in [0.4, 0.5) is 18.9 Å². The van der Waals surface area contributed by atoms with Gasteiger partial charge >= 0.3 is 18.0 Å². The van der Waals surface area contributed by atoms with Gasteiger partial charge in [0, 0.05) is 5.69 Å². The third-order valence-corrected chi connectivity index (χ3v) is 4.55. The number of halogens is 4. The molecule has 7 nitrogen and oxygen atoms in total. The number of amides is 2. The quantitative estimate of drug-likeness (QED) is 0.361. The number of hydrazone groups is 1. The molecule has 33 heavy (non-hydrogen) atoms. The Morgan fingerprint density at radius 1 is 1.06 bits per heavy atom. The smallest absolute Gasteiger partial charge is 0.471 e. The second kappa shape index (κ2) is 10.2. The van der Waals surface area contributed by atoms with E-state index in [1.165, 1.54) is 30.3 Å². The van der Waals surface area contributed by atoms with E-state index in [0.29, 0.717) is 27.8 Å². The molecule has 0 fully saturated rings. The van der Waals surface area contributed by atoms with E-state index in [9.17, 15) is 22.8 Å². The van der Waals surface area contributed by atoms with Crippen molar-refractivity contribution in [2.24, 2.45) is 5.10 Å². The molecule has 0 atom stereocenters. The zero-order valence-corrected chi connectivity index (χ0v) is 17.8. The highest BCUT2D eigenvalue weighted by Crippen LogP contribution is 2.24. The van der Waals surface area contributed by atoms with E-state index in [1.54, 1.807) is 42.6 Å². The van der Waals surface area contributed by atoms with Gasteiger partial charge in [0.05, 0.1) is 10.7 Å². The van der Waals surface area contributed by atoms with E-state index >= 15 is 0 Å². The summed E-state index contributed by atoms with van der Waals surface area (Å²) in [5, 5.41) is 6.15. The van der Waals surface area contributed by atoms with E-state index in [-0.39, 0.29) is 18.1 Å². The summed E-state index contributed by atoms with van der Waals surface area (Å²) in [6, 6.07) is 15.5. The lowest BCUT2D eigenvalue weighted by Crippen LogP contribution is -2.29. The third-order valence-electron chi connectivity index (χ3n) is 4.24. The molecule has 11 heteroatoms. The van der Waals surface area contributed by atoms with Crippen molar-refractivity contribution >= 4 is 34.8 Å². The van der Waals surface area contributed by atoms with Gasteiger partial charge in [-0.15, -0.1) is 0 Å². The Labute approximate surface area is 191 Å². The van der Waals surface area contributed by atoms with Crippen molar-refractivity contribution in [2.75, 3.05) is 5.32 Å². The fourth-order valence-corrected chi connectivity index (χ4v) is 2.73. The van der Waals surface area contributed by atoms with Crippen LogP contribution in [0.1, 0.15) is 28.8 Å². The van der Waals surface area contributed by atoms with Crippen LogP contribution in [0.5, 0.6) is 5.75 Å². The first kappa shape index (κ1) is 23.9. The third kappa shape index (κ3) is 6.59. The molecule has 2 N–H and O–H groups in total. The number of hydrogen-bond acceptors (Lipinski definition) is 5. The molecule has 0 saturated heterocycles. The number of para-hydroxylation sites is 1. The number of furan rings is 1. The van der Waals surface area contributed by atoms with Crippen LogP contribution in [0.3, 0.4) is 0 Å². The summed E-state index contributed by atoms with van der Waals surface area (Å²) in [6.07, 6.45) is -4.98. The Bertz CT molecular complexity index is 1170. The van der Waals surface area contributed by atoms with E-state index in [2.05, 4.69) is 10.5 Å². The van der Waals surface area contributed by atoms with Crippen LogP contribution in [-0.2, 0) is 11.4 Å². The minimum absolute atomic E-state index is 0.00881. The van der Waals surface area contributed by atoms with Crippen molar-refractivity contribution in [3.63, 3.8) is 0 Å². The number of carbonyl (C=O) groups excluding carboxylic acids is 2. The molecule has 1 heterocycles. The van der Waals surface area contributed by atoms with Crippen LogP contribution in [0.15, 0.2) is 70.2 Å². The van der Waals surface area contributed by atoms with Crippen molar-refractivity contribution in [2.45, 2.75) is 19.7 Å². The minimum atomic E-state index is -4.98. The maximum Gasteiger partial charge on any atom is 0.471 e. The normalized spacial score (nSPS) is 11.7. The Kier molecular flexibility index (Phi) is 7.39. The monoisotopic (exact) mass is 479 g/mol. The predicted molar refractivity (Wildman–Crippen MR) is 115 cm³/mol. The van der Waals surface area contributed by atoms with Crippen LogP contribution in [0.2, 0.25) is 5.02 Å². The van der Waals surface area contributed by atoms with Crippen molar-refractivity contribution in [3.05, 3.63) is 82.8 Å². The van der Waals surface area contributed by atoms with Gasteiger partial charge in [-0.2, -0.15) is 18.3 Å². The molecule has 3 rings (SSSR count). The van der Waals surface area contributed by atoms with E-state index in [0.717, 1.165) is 0 Å². The maximum atomic E-state index is 12.3. The van der Waals surface area contributed by atoms with Gasteiger partial charge < -0.3 is 14.5 Å². The Balaban J connectivity index is 1.55. The van der Waals surface area contributed by atoms with Gasteiger partial charge in [-0.1, -0.05) is 35.9 Å². The number of carbonyl (C=O) groups is 2. The number of anilines is 1. The maximum absolute atomic E-state index is 12.3. The molecule has 0 saturated carbocycles. The molecule has 0 radical (unpaired) electrons. The number of nitrogens with zero attached hydrogens (tertiary/aromatic N) is 1. The molecule has 0 spiro atoms. The highest BCUT2D eigenvalue weighted by Gasteiger charge is 2.38. The summed E-state index contributed by atoms with van der Waals surface area (Å²) < 4.78 is 47.9. The Morgan fingerprint density at radius 3 is 2.42 bits per heavy atom. The van der Waals surface area contributed by atoms with Gasteiger partial charge in [-0.05, 0) is 48.9 Å². The van der Waals surface area contributed by atoms with Crippen molar-refractivity contribution in [3.8, 4) is 5.75 Å². The van der Waals surface area contributed by atoms with Crippen LogP contribution in [0, 0.1) is 0 Å². The Hall–Kier alpha value is -3.79. The van der Waals surface area contributed by atoms with Gasteiger partial charge in [0.25, 0.3) is 0 Å². The number of hydrogen-bond donors (Lipinski definition) is 2. The molecule has 0 aliphatic carbocycles. The van der Waals surface area contributed by atoms with Crippen LogP contribution in [-0.4, -0.2) is 23.7 Å². The molecule has 3 aromatic rings. The van der Waals surface area contributed by atoms with E-state index in [4.69, 9.17) is 20.8 Å². The lowest BCUT2D eigenvalue weighted by atomic mass is 10.1. The molecule has 172 valence electrons. The lowest BCUT2D eigenvalue weighted by molar-refractivity contribution is -0.167. The second-order valence-corrected chi connectivity index (χ2v) is 7.06. The Morgan fingerprint density at radius 2 is 1.76 bits per heavy atom. The summed E-state index contributed by atoms with van der Waals surface area (Å²) in [5.74, 6) is -1.78. The van der Waals surface area contributed by atoms with Crippen molar-refractivity contribution < 1.29 is 31.9 Å². The van der Waals surface area contributed by atoms with Gasteiger partial charge in [-0.3, -0.25) is 9.59 Å². The van der Waals surface area contributed by atoms with Crippen LogP contribution < -0.4 is 15.5 Å². The molecule has 0 aliphatic heterocycles. The topological polar surface area (TPSA) is 92.9 Å². The standard InChI is InChI=1S/C22H17ClF3N3O4/c1-13(14-6-8-15(9-7-14)27-21(31)22(24,25)26)28-29-20(30)19-11-10-16(33-19)12-32-18-5-3-2-4-17(18)23/h2-11H,12H2,1H3,(H,27,31)(H,29,30)/b28-13-. The van der Waals surface area contributed by atoms with Gasteiger partial charge in [0.2, 0.25) is 0 Å².